The fraction of sp³-hybridized carbons (Fsp3) is 0.615. The van der Waals surface area contributed by atoms with Gasteiger partial charge in [0.1, 0.15) is 4.88 Å². The van der Waals surface area contributed by atoms with E-state index in [1.807, 2.05) is 32.9 Å². The van der Waals surface area contributed by atoms with Crippen molar-refractivity contribution in [1.29, 1.82) is 0 Å². The van der Waals surface area contributed by atoms with Gasteiger partial charge in [0.2, 0.25) is 5.91 Å². The van der Waals surface area contributed by atoms with Crippen LogP contribution in [0.15, 0.2) is 17.8 Å². The molecule has 1 saturated carbocycles. The first-order valence-electron chi connectivity index (χ1n) is 11.8. The number of hydrogen-bond acceptors (Lipinski definition) is 5. The van der Waals surface area contributed by atoms with Crippen LogP contribution in [-0.2, 0) is 9.63 Å². The van der Waals surface area contributed by atoms with Crippen molar-refractivity contribution >= 4 is 28.9 Å². The van der Waals surface area contributed by atoms with E-state index in [0.717, 1.165) is 55.6 Å². The van der Waals surface area contributed by atoms with Crippen molar-refractivity contribution in [2.75, 3.05) is 12.0 Å². The van der Waals surface area contributed by atoms with Crippen molar-refractivity contribution in [2.45, 2.75) is 78.7 Å². The molecule has 1 heterocycles. The van der Waals surface area contributed by atoms with Crippen LogP contribution in [0.5, 0.6) is 0 Å². The Morgan fingerprint density at radius 1 is 1.21 bits per heavy atom. The molecule has 1 aromatic rings. The van der Waals surface area contributed by atoms with E-state index in [0.29, 0.717) is 22.9 Å². The smallest absolute Gasteiger partial charge is 0.348 e. The standard InChI is InChI=1S/C26H36N2O4S/c1-17-6-8-18(9-7-17)24(29)28(20-12-10-19(11-13-20)27-32-5)22-16-21(14-15-26(2,3)4)33-23(22)25(30)31/h10,16-18,20,27H,6-9,11-13H2,1-5H3,(H,30,31)/t17?,18?,20-/m0/s1. The van der Waals surface area contributed by atoms with E-state index in [4.69, 9.17) is 4.84 Å². The topological polar surface area (TPSA) is 78.9 Å². The van der Waals surface area contributed by atoms with Crippen LogP contribution in [-0.4, -0.2) is 30.1 Å². The number of carbonyl (C=O) groups is 2. The number of carboxylic acid groups (broad SMARTS) is 1. The molecule has 3 rings (SSSR count). The molecule has 1 atom stereocenters. The number of nitrogens with one attached hydrogen (secondary N) is 1. The van der Waals surface area contributed by atoms with Crippen LogP contribution >= 0.6 is 11.3 Å². The van der Waals surface area contributed by atoms with Crippen molar-refractivity contribution in [3.8, 4) is 11.8 Å². The lowest BCUT2D eigenvalue weighted by Gasteiger charge is -2.37. The molecule has 0 bridgehead atoms. The number of nitrogens with zero attached hydrogens (tertiary/aromatic N) is 1. The molecular weight excluding hydrogens is 436 g/mol. The third-order valence-corrected chi connectivity index (χ3v) is 7.34. The van der Waals surface area contributed by atoms with Gasteiger partial charge in [0.15, 0.2) is 0 Å². The molecule has 2 aliphatic rings. The van der Waals surface area contributed by atoms with Crippen molar-refractivity contribution in [3.63, 3.8) is 0 Å². The lowest BCUT2D eigenvalue weighted by molar-refractivity contribution is -0.124. The van der Waals surface area contributed by atoms with Crippen LogP contribution in [0.1, 0.15) is 87.2 Å². The Morgan fingerprint density at radius 2 is 1.91 bits per heavy atom. The molecule has 7 heteroatoms. The predicted molar refractivity (Wildman–Crippen MR) is 132 cm³/mol. The van der Waals surface area contributed by atoms with Gasteiger partial charge in [-0.25, -0.2) is 4.79 Å². The molecule has 6 nitrogen and oxygen atoms in total. The molecule has 1 aromatic heterocycles. The third kappa shape index (κ3) is 6.61. The van der Waals surface area contributed by atoms with Gasteiger partial charge in [-0.2, -0.15) is 0 Å². The van der Waals surface area contributed by atoms with Gasteiger partial charge in [-0.1, -0.05) is 24.8 Å². The second-order valence-electron chi connectivity index (χ2n) is 10.3. The zero-order chi connectivity index (χ0) is 24.2. The van der Waals surface area contributed by atoms with Gasteiger partial charge < -0.3 is 10.0 Å². The summed E-state index contributed by atoms with van der Waals surface area (Å²) in [6, 6.07) is 1.72. The Labute approximate surface area is 201 Å². The molecular formula is C26H36N2O4S. The summed E-state index contributed by atoms with van der Waals surface area (Å²) < 4.78 is 0. The fourth-order valence-corrected chi connectivity index (χ4v) is 5.34. The number of amides is 1. The Kier molecular flexibility index (Phi) is 8.25. The van der Waals surface area contributed by atoms with Crippen LogP contribution < -0.4 is 10.4 Å². The van der Waals surface area contributed by atoms with E-state index in [1.54, 1.807) is 12.0 Å². The van der Waals surface area contributed by atoms with Gasteiger partial charge in [0.25, 0.3) is 0 Å². The molecule has 0 spiro atoms. The van der Waals surface area contributed by atoms with Gasteiger partial charge >= 0.3 is 5.97 Å². The Bertz CT molecular complexity index is 955. The summed E-state index contributed by atoms with van der Waals surface area (Å²) in [5.74, 6) is 5.94. The fourth-order valence-electron chi connectivity index (χ4n) is 4.50. The molecule has 1 amide bonds. The molecule has 0 radical (unpaired) electrons. The lowest BCUT2D eigenvalue weighted by atomic mass is 9.81. The van der Waals surface area contributed by atoms with E-state index in [9.17, 15) is 14.7 Å². The number of anilines is 1. The zero-order valence-electron chi connectivity index (χ0n) is 20.4. The number of allylic oxidation sites excluding steroid dienone is 1. The van der Waals surface area contributed by atoms with Crippen LogP contribution in [0, 0.1) is 29.1 Å². The second-order valence-corrected chi connectivity index (χ2v) is 11.3. The highest BCUT2D eigenvalue weighted by molar-refractivity contribution is 7.15. The molecule has 0 aliphatic heterocycles. The summed E-state index contributed by atoms with van der Waals surface area (Å²) in [5.41, 5.74) is 4.19. The molecule has 0 saturated heterocycles. The molecule has 180 valence electrons. The predicted octanol–water partition coefficient (Wildman–Crippen LogP) is 5.59. The van der Waals surface area contributed by atoms with E-state index in [-0.39, 0.29) is 28.2 Å². The van der Waals surface area contributed by atoms with Gasteiger partial charge in [0.05, 0.1) is 17.7 Å². The van der Waals surface area contributed by atoms with E-state index < -0.39 is 5.97 Å². The second kappa shape index (κ2) is 10.8. The van der Waals surface area contributed by atoms with Crippen molar-refractivity contribution in [1.82, 2.24) is 5.48 Å². The normalized spacial score (nSPS) is 23.2. The minimum Gasteiger partial charge on any atom is -0.477 e. The minimum atomic E-state index is -1.01. The number of hydrogen-bond donors (Lipinski definition) is 2. The van der Waals surface area contributed by atoms with Gasteiger partial charge in [-0.15, -0.1) is 11.3 Å². The highest BCUT2D eigenvalue weighted by atomic mass is 32.1. The molecule has 2 aliphatic carbocycles. The highest BCUT2D eigenvalue weighted by Gasteiger charge is 2.36. The van der Waals surface area contributed by atoms with Crippen molar-refractivity contribution in [2.24, 2.45) is 17.3 Å². The van der Waals surface area contributed by atoms with Crippen LogP contribution in [0.4, 0.5) is 5.69 Å². The maximum atomic E-state index is 13.9. The zero-order valence-corrected chi connectivity index (χ0v) is 21.2. The maximum absolute atomic E-state index is 13.9. The monoisotopic (exact) mass is 472 g/mol. The quantitative estimate of drug-likeness (QED) is 0.417. The van der Waals surface area contributed by atoms with Crippen LogP contribution in [0.2, 0.25) is 0 Å². The van der Waals surface area contributed by atoms with Gasteiger partial charge in [0, 0.05) is 23.1 Å². The summed E-state index contributed by atoms with van der Waals surface area (Å²) in [7, 11) is 1.58. The summed E-state index contributed by atoms with van der Waals surface area (Å²) in [4.78, 5) is 33.7. The molecule has 1 fully saturated rings. The number of hydroxylamine groups is 1. The summed E-state index contributed by atoms with van der Waals surface area (Å²) in [5, 5.41) is 9.98. The largest absolute Gasteiger partial charge is 0.477 e. The number of carboxylic acids is 1. The Morgan fingerprint density at radius 3 is 2.45 bits per heavy atom. The van der Waals surface area contributed by atoms with Crippen LogP contribution in [0.25, 0.3) is 0 Å². The third-order valence-electron chi connectivity index (χ3n) is 6.31. The number of rotatable bonds is 6. The van der Waals surface area contributed by atoms with E-state index in [1.165, 1.54) is 0 Å². The number of thiophene rings is 1. The first-order chi connectivity index (χ1) is 15.6. The van der Waals surface area contributed by atoms with Gasteiger partial charge in [-0.05, 0) is 77.7 Å². The lowest BCUT2D eigenvalue weighted by Crippen LogP contribution is -2.46. The molecule has 0 aromatic carbocycles. The summed E-state index contributed by atoms with van der Waals surface area (Å²) in [6.45, 7) is 8.29. The van der Waals surface area contributed by atoms with Crippen molar-refractivity contribution < 1.29 is 19.5 Å². The molecule has 33 heavy (non-hydrogen) atoms. The molecule has 0 unspecified atom stereocenters. The summed E-state index contributed by atoms with van der Waals surface area (Å²) >= 11 is 1.16. The SMILES string of the molecule is CONC1=CC[C@H](N(C(=O)C2CCC(C)CC2)c2cc(C#CC(C)(C)C)sc2C(=O)O)CC1. The highest BCUT2D eigenvalue weighted by Crippen LogP contribution is 2.38. The maximum Gasteiger partial charge on any atom is 0.348 e. The average molecular weight is 473 g/mol. The minimum absolute atomic E-state index is 0.0547. The number of carbonyl (C=O) groups excluding carboxylic acids is 1. The molecule has 2 N–H and O–H groups in total. The first kappa shape index (κ1) is 25.3. The van der Waals surface area contributed by atoms with Crippen molar-refractivity contribution in [3.05, 3.63) is 27.6 Å². The van der Waals surface area contributed by atoms with E-state index >= 15 is 0 Å². The van der Waals surface area contributed by atoms with Crippen LogP contribution in [0.3, 0.4) is 0 Å². The average Bonchev–Trinajstić information content (AvgIpc) is 3.18. The Hall–Kier alpha value is -2.30. The van der Waals surface area contributed by atoms with E-state index in [2.05, 4.69) is 24.2 Å². The van der Waals surface area contributed by atoms with Gasteiger partial charge in [-0.3, -0.25) is 15.1 Å². The first-order valence-corrected chi connectivity index (χ1v) is 12.6. The Balaban J connectivity index is 1.99. The number of aromatic carboxylic acids is 1. The summed E-state index contributed by atoms with van der Waals surface area (Å²) in [6.07, 6.45) is 7.98.